The van der Waals surface area contributed by atoms with E-state index >= 15 is 0 Å². The second kappa shape index (κ2) is 10.4. The largest absolute Gasteiger partial charge is 0.504 e. The summed E-state index contributed by atoms with van der Waals surface area (Å²) in [5.74, 6) is 0.0960. The number of phenols is 1. The lowest BCUT2D eigenvalue weighted by molar-refractivity contribution is -0.118. The molecule has 0 aromatic heterocycles. The summed E-state index contributed by atoms with van der Waals surface area (Å²) in [5.41, 5.74) is 1.81. The molecule has 6 heteroatoms. The van der Waals surface area contributed by atoms with Gasteiger partial charge in [-0.2, -0.15) is 0 Å². The Kier molecular flexibility index (Phi) is 8.26. The van der Waals surface area contributed by atoms with Crippen LogP contribution in [0.2, 0.25) is 10.0 Å². The van der Waals surface area contributed by atoms with Gasteiger partial charge in [-0.05, 0) is 43.0 Å². The number of ether oxygens (including phenoxy) is 1. The van der Waals surface area contributed by atoms with E-state index in [-0.39, 0.29) is 23.1 Å². The highest BCUT2D eigenvalue weighted by molar-refractivity contribution is 6.37. The van der Waals surface area contributed by atoms with E-state index in [4.69, 9.17) is 27.9 Å². The number of phenolic OH excluding ortho intramolecular Hbond substituents is 1. The van der Waals surface area contributed by atoms with Gasteiger partial charge in [0.25, 0.3) is 5.91 Å². The Hall–Kier alpha value is -1.91. The van der Waals surface area contributed by atoms with Gasteiger partial charge < -0.3 is 15.2 Å². The predicted octanol–water partition coefficient (Wildman–Crippen LogP) is 6.15. The summed E-state index contributed by atoms with van der Waals surface area (Å²) in [6.07, 6.45) is 5.60. The summed E-state index contributed by atoms with van der Waals surface area (Å²) in [6, 6.07) is 9.20. The highest BCUT2D eigenvalue weighted by Crippen LogP contribution is 2.38. The molecule has 0 saturated carbocycles. The van der Waals surface area contributed by atoms with Gasteiger partial charge in [-0.15, -0.1) is 0 Å². The number of hydrogen-bond donors (Lipinski definition) is 2. The van der Waals surface area contributed by atoms with E-state index in [1.54, 1.807) is 6.92 Å². The van der Waals surface area contributed by atoms with E-state index < -0.39 is 5.91 Å². The number of aromatic hydroxyl groups is 1. The predicted molar refractivity (Wildman–Crippen MR) is 111 cm³/mol. The highest BCUT2D eigenvalue weighted by atomic mass is 35.5. The first-order valence-electron chi connectivity index (χ1n) is 9.12. The minimum absolute atomic E-state index is 0.121. The quantitative estimate of drug-likeness (QED) is 0.385. The monoisotopic (exact) mass is 409 g/mol. The smallest absolute Gasteiger partial charge is 0.262 e. The van der Waals surface area contributed by atoms with Crippen LogP contribution in [0.15, 0.2) is 30.3 Å². The Morgan fingerprint density at radius 1 is 1.19 bits per heavy atom. The number of aryl methyl sites for hydroxylation is 1. The minimum Gasteiger partial charge on any atom is -0.504 e. The van der Waals surface area contributed by atoms with Crippen molar-refractivity contribution in [3.63, 3.8) is 0 Å². The molecule has 2 rings (SSSR count). The number of benzene rings is 2. The number of hydrogen-bond acceptors (Lipinski definition) is 3. The number of rotatable bonds is 9. The zero-order chi connectivity index (χ0) is 19.8. The summed E-state index contributed by atoms with van der Waals surface area (Å²) in [6.45, 7) is 3.70. The van der Waals surface area contributed by atoms with Crippen molar-refractivity contribution < 1.29 is 14.6 Å². The van der Waals surface area contributed by atoms with Crippen LogP contribution in [0.3, 0.4) is 0 Å². The van der Waals surface area contributed by atoms with E-state index in [0.29, 0.717) is 16.3 Å². The maximum absolute atomic E-state index is 12.2. The van der Waals surface area contributed by atoms with Crippen molar-refractivity contribution in [1.29, 1.82) is 0 Å². The first kappa shape index (κ1) is 21.4. The van der Waals surface area contributed by atoms with Crippen molar-refractivity contribution in [1.82, 2.24) is 0 Å². The minimum atomic E-state index is -0.401. The average molecular weight is 410 g/mol. The van der Waals surface area contributed by atoms with E-state index in [1.807, 2.05) is 24.3 Å². The molecule has 146 valence electrons. The number of para-hydroxylation sites is 1. The van der Waals surface area contributed by atoms with Crippen LogP contribution >= 0.6 is 23.2 Å². The van der Waals surface area contributed by atoms with Gasteiger partial charge in [0, 0.05) is 5.02 Å². The second-order valence-electron chi connectivity index (χ2n) is 6.45. The van der Waals surface area contributed by atoms with Crippen molar-refractivity contribution in [2.45, 2.75) is 46.0 Å². The Morgan fingerprint density at radius 3 is 2.67 bits per heavy atom. The summed E-state index contributed by atoms with van der Waals surface area (Å²) in [7, 11) is 0. The van der Waals surface area contributed by atoms with Gasteiger partial charge in [0.1, 0.15) is 5.75 Å². The van der Waals surface area contributed by atoms with Crippen LogP contribution in [0.25, 0.3) is 0 Å². The van der Waals surface area contributed by atoms with E-state index in [0.717, 1.165) is 18.4 Å². The van der Waals surface area contributed by atoms with E-state index in [1.165, 1.54) is 25.3 Å². The summed E-state index contributed by atoms with van der Waals surface area (Å²) in [5, 5.41) is 13.2. The van der Waals surface area contributed by atoms with Gasteiger partial charge in [0.15, 0.2) is 12.4 Å². The summed E-state index contributed by atoms with van der Waals surface area (Å²) >= 11 is 12.1. The van der Waals surface area contributed by atoms with Crippen LogP contribution < -0.4 is 10.1 Å². The standard InChI is InChI=1S/C21H25Cl2NO3/c1-3-4-5-6-9-15-10-7-8-11-18(15)27-13-19(25)24-17-12-16(22)14(2)20(23)21(17)26/h7-8,10-12,26H,3-6,9,13H2,1-2H3,(H,24,25). The Bertz CT molecular complexity index is 793. The van der Waals surface area contributed by atoms with Gasteiger partial charge in [-0.1, -0.05) is 67.6 Å². The number of amides is 1. The molecule has 0 aliphatic carbocycles. The van der Waals surface area contributed by atoms with Crippen LogP contribution in [0, 0.1) is 6.92 Å². The molecular weight excluding hydrogens is 385 g/mol. The fraction of sp³-hybridized carbons (Fsp3) is 0.381. The Balaban J connectivity index is 1.96. The number of anilines is 1. The molecule has 0 aliphatic rings. The maximum atomic E-state index is 12.2. The zero-order valence-electron chi connectivity index (χ0n) is 15.6. The molecule has 0 bridgehead atoms. The molecule has 0 atom stereocenters. The van der Waals surface area contributed by atoms with Crippen LogP contribution in [0.5, 0.6) is 11.5 Å². The summed E-state index contributed by atoms with van der Waals surface area (Å²) in [4.78, 5) is 12.2. The molecule has 1 amide bonds. The first-order chi connectivity index (χ1) is 12.9. The second-order valence-corrected chi connectivity index (χ2v) is 7.23. The number of halogens is 2. The third-order valence-electron chi connectivity index (χ3n) is 4.33. The van der Waals surface area contributed by atoms with Gasteiger partial charge in [-0.3, -0.25) is 4.79 Å². The number of carbonyl (C=O) groups is 1. The zero-order valence-corrected chi connectivity index (χ0v) is 17.2. The molecule has 27 heavy (non-hydrogen) atoms. The molecular formula is C21H25Cl2NO3. The van der Waals surface area contributed by atoms with Crippen LogP contribution in [-0.4, -0.2) is 17.6 Å². The molecule has 2 N–H and O–H groups in total. The van der Waals surface area contributed by atoms with Gasteiger partial charge in [0.2, 0.25) is 0 Å². The van der Waals surface area contributed by atoms with Crippen LogP contribution in [0.4, 0.5) is 5.69 Å². The summed E-state index contributed by atoms with van der Waals surface area (Å²) < 4.78 is 5.69. The molecule has 0 radical (unpaired) electrons. The molecule has 2 aromatic carbocycles. The van der Waals surface area contributed by atoms with Crippen molar-refractivity contribution in [3.8, 4) is 11.5 Å². The third-order valence-corrected chi connectivity index (χ3v) is 5.18. The Morgan fingerprint density at radius 2 is 1.93 bits per heavy atom. The lowest BCUT2D eigenvalue weighted by atomic mass is 10.1. The number of carbonyl (C=O) groups excluding carboxylic acids is 1. The molecule has 4 nitrogen and oxygen atoms in total. The molecule has 0 saturated heterocycles. The average Bonchev–Trinajstić information content (AvgIpc) is 2.67. The normalized spacial score (nSPS) is 10.7. The Labute approximate surface area is 170 Å². The topological polar surface area (TPSA) is 58.6 Å². The molecule has 0 heterocycles. The van der Waals surface area contributed by atoms with Crippen LogP contribution in [0.1, 0.15) is 43.7 Å². The SMILES string of the molecule is CCCCCCc1ccccc1OCC(=O)Nc1cc(Cl)c(C)c(Cl)c1O. The molecule has 0 fully saturated rings. The van der Waals surface area contributed by atoms with Crippen molar-refractivity contribution in [3.05, 3.63) is 51.5 Å². The molecule has 2 aromatic rings. The van der Waals surface area contributed by atoms with E-state index in [9.17, 15) is 9.90 Å². The molecule has 0 unspecified atom stereocenters. The highest BCUT2D eigenvalue weighted by Gasteiger charge is 2.15. The van der Waals surface area contributed by atoms with Crippen LogP contribution in [-0.2, 0) is 11.2 Å². The van der Waals surface area contributed by atoms with Gasteiger partial charge in [-0.25, -0.2) is 0 Å². The third kappa shape index (κ3) is 6.05. The van der Waals surface area contributed by atoms with Crippen molar-refractivity contribution >= 4 is 34.8 Å². The molecule has 0 spiro atoms. The number of unbranched alkanes of at least 4 members (excludes halogenated alkanes) is 3. The van der Waals surface area contributed by atoms with Gasteiger partial charge >= 0.3 is 0 Å². The van der Waals surface area contributed by atoms with Crippen molar-refractivity contribution in [2.75, 3.05) is 11.9 Å². The fourth-order valence-corrected chi connectivity index (χ4v) is 3.18. The lowest BCUT2D eigenvalue weighted by Crippen LogP contribution is -2.20. The number of nitrogens with one attached hydrogen (secondary N) is 1. The lowest BCUT2D eigenvalue weighted by Gasteiger charge is -2.13. The maximum Gasteiger partial charge on any atom is 0.262 e. The molecule has 0 aliphatic heterocycles. The van der Waals surface area contributed by atoms with Crippen molar-refractivity contribution in [2.24, 2.45) is 0 Å². The van der Waals surface area contributed by atoms with Gasteiger partial charge in [0.05, 0.1) is 10.7 Å². The first-order valence-corrected chi connectivity index (χ1v) is 9.87. The van der Waals surface area contributed by atoms with E-state index in [2.05, 4.69) is 12.2 Å². The fourth-order valence-electron chi connectivity index (χ4n) is 2.72.